The van der Waals surface area contributed by atoms with Crippen LogP contribution in [0, 0.1) is 5.92 Å². The number of aliphatic hydroxyl groups is 1. The summed E-state index contributed by atoms with van der Waals surface area (Å²) in [5, 5.41) is 9.71. The molecule has 1 N–H and O–H groups in total. The first-order valence-corrected chi connectivity index (χ1v) is 6.34. The molecule has 15 heavy (non-hydrogen) atoms. The lowest BCUT2D eigenvalue weighted by atomic mass is 9.97. The van der Waals surface area contributed by atoms with Crippen LogP contribution in [0.3, 0.4) is 0 Å². The third-order valence-corrected chi connectivity index (χ3v) is 4.06. The Morgan fingerprint density at radius 1 is 1.33 bits per heavy atom. The largest absolute Gasteiger partial charge is 0.497 e. The molecule has 1 aromatic carbocycles. The van der Waals surface area contributed by atoms with Crippen molar-refractivity contribution in [1.29, 1.82) is 0 Å². The van der Waals surface area contributed by atoms with Gasteiger partial charge in [-0.3, -0.25) is 0 Å². The maximum atomic E-state index is 9.71. The van der Waals surface area contributed by atoms with Gasteiger partial charge >= 0.3 is 0 Å². The predicted octanol–water partition coefficient (Wildman–Crippen LogP) is 1.96. The van der Waals surface area contributed by atoms with Gasteiger partial charge < -0.3 is 9.84 Å². The summed E-state index contributed by atoms with van der Waals surface area (Å²) in [6, 6.07) is 8.11. The third kappa shape index (κ3) is 2.67. The molecule has 0 saturated carbocycles. The smallest absolute Gasteiger partial charge is 0.118 e. The van der Waals surface area contributed by atoms with Crippen LogP contribution in [0.5, 0.6) is 5.75 Å². The van der Waals surface area contributed by atoms with E-state index in [1.165, 1.54) is 5.56 Å². The van der Waals surface area contributed by atoms with Crippen LogP contribution in [-0.4, -0.2) is 29.8 Å². The number of benzene rings is 1. The normalized spacial score (nSPS) is 25.5. The van der Waals surface area contributed by atoms with Crippen LogP contribution in [0.1, 0.15) is 5.56 Å². The van der Waals surface area contributed by atoms with Crippen molar-refractivity contribution in [3.63, 3.8) is 0 Å². The van der Waals surface area contributed by atoms with Gasteiger partial charge in [0, 0.05) is 5.75 Å². The summed E-state index contributed by atoms with van der Waals surface area (Å²) in [4.78, 5) is 0. The highest BCUT2D eigenvalue weighted by atomic mass is 32.2. The van der Waals surface area contributed by atoms with E-state index in [0.717, 1.165) is 23.7 Å². The number of thioether (sulfide) groups is 1. The molecule has 1 aliphatic heterocycles. The van der Waals surface area contributed by atoms with E-state index in [1.54, 1.807) is 7.11 Å². The maximum Gasteiger partial charge on any atom is 0.118 e. The number of rotatable bonds is 3. The number of hydrogen-bond acceptors (Lipinski definition) is 3. The highest BCUT2D eigenvalue weighted by Crippen LogP contribution is 2.27. The minimum absolute atomic E-state index is 0.128. The molecule has 2 rings (SSSR count). The van der Waals surface area contributed by atoms with Gasteiger partial charge in [0.25, 0.3) is 0 Å². The molecule has 0 radical (unpaired) electrons. The Morgan fingerprint density at radius 3 is 2.60 bits per heavy atom. The fourth-order valence-corrected chi connectivity index (χ4v) is 3.14. The second-order valence-corrected chi connectivity index (χ2v) is 4.99. The van der Waals surface area contributed by atoms with Crippen molar-refractivity contribution in [2.24, 2.45) is 5.92 Å². The summed E-state index contributed by atoms with van der Waals surface area (Å²) in [6.07, 6.45) is 0.843. The van der Waals surface area contributed by atoms with E-state index < -0.39 is 0 Å². The highest BCUT2D eigenvalue weighted by molar-refractivity contribution is 7.99. The fraction of sp³-hybridized carbons (Fsp3) is 0.500. The summed E-state index contributed by atoms with van der Waals surface area (Å²) in [5.74, 6) is 3.28. The van der Waals surface area contributed by atoms with E-state index in [0.29, 0.717) is 5.92 Å². The third-order valence-electron chi connectivity index (χ3n) is 2.82. The van der Waals surface area contributed by atoms with Crippen LogP contribution in [-0.2, 0) is 6.42 Å². The second-order valence-electron chi connectivity index (χ2n) is 3.92. The summed E-state index contributed by atoms with van der Waals surface area (Å²) in [7, 11) is 1.67. The van der Waals surface area contributed by atoms with Crippen molar-refractivity contribution in [3.05, 3.63) is 29.8 Å². The number of hydrogen-bond donors (Lipinski definition) is 1. The molecule has 1 saturated heterocycles. The fourth-order valence-electron chi connectivity index (χ4n) is 1.85. The van der Waals surface area contributed by atoms with Crippen LogP contribution in [0.2, 0.25) is 0 Å². The summed E-state index contributed by atoms with van der Waals surface area (Å²) in [5.41, 5.74) is 1.28. The zero-order valence-electron chi connectivity index (χ0n) is 8.85. The topological polar surface area (TPSA) is 29.5 Å². The maximum absolute atomic E-state index is 9.71. The van der Waals surface area contributed by atoms with Crippen LogP contribution >= 0.6 is 11.8 Å². The predicted molar refractivity (Wildman–Crippen MR) is 63.5 cm³/mol. The van der Waals surface area contributed by atoms with Crippen molar-refractivity contribution in [2.45, 2.75) is 12.5 Å². The van der Waals surface area contributed by atoms with E-state index in [2.05, 4.69) is 12.1 Å². The van der Waals surface area contributed by atoms with Crippen molar-refractivity contribution >= 4 is 11.8 Å². The Morgan fingerprint density at radius 2 is 2.07 bits per heavy atom. The Hall–Kier alpha value is -0.670. The van der Waals surface area contributed by atoms with E-state index >= 15 is 0 Å². The Bertz CT molecular complexity index is 310. The molecule has 1 fully saturated rings. The van der Waals surface area contributed by atoms with Crippen LogP contribution in [0.4, 0.5) is 0 Å². The van der Waals surface area contributed by atoms with Crippen LogP contribution in [0.25, 0.3) is 0 Å². The van der Waals surface area contributed by atoms with Gasteiger partial charge in [0.05, 0.1) is 13.2 Å². The van der Waals surface area contributed by atoms with Gasteiger partial charge in [-0.1, -0.05) is 12.1 Å². The molecule has 0 aliphatic carbocycles. The molecule has 1 aliphatic rings. The first-order valence-electron chi connectivity index (χ1n) is 5.18. The average Bonchev–Trinajstić information content (AvgIpc) is 2.66. The summed E-state index contributed by atoms with van der Waals surface area (Å²) in [6.45, 7) is 0. The van der Waals surface area contributed by atoms with E-state index in [1.807, 2.05) is 23.9 Å². The van der Waals surface area contributed by atoms with Gasteiger partial charge in [0.15, 0.2) is 0 Å². The van der Waals surface area contributed by atoms with Crippen molar-refractivity contribution in [1.82, 2.24) is 0 Å². The Kier molecular flexibility index (Phi) is 3.54. The van der Waals surface area contributed by atoms with E-state index in [-0.39, 0.29) is 6.10 Å². The monoisotopic (exact) mass is 224 g/mol. The molecule has 2 nitrogen and oxygen atoms in total. The number of ether oxygens (including phenoxy) is 1. The lowest BCUT2D eigenvalue weighted by molar-refractivity contribution is 0.150. The molecular formula is C12H16O2S. The van der Waals surface area contributed by atoms with E-state index in [4.69, 9.17) is 4.74 Å². The molecule has 0 amide bonds. The zero-order valence-corrected chi connectivity index (χ0v) is 9.67. The van der Waals surface area contributed by atoms with Gasteiger partial charge in [0.1, 0.15) is 5.75 Å². The molecule has 0 bridgehead atoms. The molecule has 0 spiro atoms. The molecule has 1 aromatic rings. The Balaban J connectivity index is 1.98. The standard InChI is InChI=1S/C12H16O2S/c1-14-11-4-2-9(3-5-11)6-10-7-15-8-12(10)13/h2-5,10,12-13H,6-8H2,1H3. The van der Waals surface area contributed by atoms with Gasteiger partial charge in [-0.2, -0.15) is 11.8 Å². The van der Waals surface area contributed by atoms with Crippen molar-refractivity contribution < 1.29 is 9.84 Å². The first-order chi connectivity index (χ1) is 7.29. The quantitative estimate of drug-likeness (QED) is 0.851. The SMILES string of the molecule is COc1ccc(CC2CSCC2O)cc1. The number of methoxy groups -OCH3 is 1. The molecule has 2 atom stereocenters. The number of aliphatic hydroxyl groups excluding tert-OH is 1. The molecule has 3 heteroatoms. The molecule has 1 heterocycles. The molecule has 0 aromatic heterocycles. The van der Waals surface area contributed by atoms with Gasteiger partial charge in [0.2, 0.25) is 0 Å². The lowest BCUT2D eigenvalue weighted by Gasteiger charge is -2.13. The van der Waals surface area contributed by atoms with Crippen LogP contribution < -0.4 is 4.74 Å². The molecular weight excluding hydrogens is 208 g/mol. The molecule has 82 valence electrons. The van der Waals surface area contributed by atoms with E-state index in [9.17, 15) is 5.11 Å². The zero-order chi connectivity index (χ0) is 10.7. The molecule has 2 unspecified atom stereocenters. The summed E-state index contributed by atoms with van der Waals surface area (Å²) < 4.78 is 5.11. The lowest BCUT2D eigenvalue weighted by Crippen LogP contribution is -2.19. The van der Waals surface area contributed by atoms with Crippen molar-refractivity contribution in [3.8, 4) is 5.75 Å². The highest BCUT2D eigenvalue weighted by Gasteiger charge is 2.25. The van der Waals surface area contributed by atoms with Gasteiger partial charge in [-0.05, 0) is 35.8 Å². The van der Waals surface area contributed by atoms with Crippen LogP contribution in [0.15, 0.2) is 24.3 Å². The summed E-state index contributed by atoms with van der Waals surface area (Å²) >= 11 is 1.84. The van der Waals surface area contributed by atoms with Gasteiger partial charge in [-0.15, -0.1) is 0 Å². The minimum atomic E-state index is -0.128. The minimum Gasteiger partial charge on any atom is -0.497 e. The first kappa shape index (κ1) is 10.8. The second kappa shape index (κ2) is 4.90. The van der Waals surface area contributed by atoms with Crippen molar-refractivity contribution in [2.75, 3.05) is 18.6 Å². The Labute approximate surface area is 94.6 Å². The van der Waals surface area contributed by atoms with Gasteiger partial charge in [-0.25, -0.2) is 0 Å². The average molecular weight is 224 g/mol.